The van der Waals surface area contributed by atoms with E-state index in [9.17, 15) is 0 Å². The molecule has 8 nitrogen and oxygen atoms in total. The van der Waals surface area contributed by atoms with Crippen molar-refractivity contribution in [1.82, 2.24) is 40.0 Å². The Balaban J connectivity index is 1.42. The summed E-state index contributed by atoms with van der Waals surface area (Å²) >= 11 is 1.61. The lowest BCUT2D eigenvalue weighted by molar-refractivity contribution is 0.668. The molecule has 0 amide bonds. The van der Waals surface area contributed by atoms with E-state index in [0.717, 1.165) is 40.9 Å². The zero-order valence-corrected chi connectivity index (χ0v) is 15.2. The van der Waals surface area contributed by atoms with Crippen molar-refractivity contribution in [3.05, 3.63) is 60.7 Å². The minimum atomic E-state index is 0.468. The van der Waals surface area contributed by atoms with Crippen molar-refractivity contribution in [2.45, 2.75) is 29.8 Å². The molecule has 1 fully saturated rings. The molecule has 1 aliphatic rings. The number of para-hydroxylation sites is 1. The van der Waals surface area contributed by atoms with E-state index in [2.05, 4.69) is 35.3 Å². The smallest absolute Gasteiger partial charge is 0.192 e. The molecule has 0 bridgehead atoms. The first-order chi connectivity index (χ1) is 13.4. The predicted molar refractivity (Wildman–Crippen MR) is 100 cm³/mol. The van der Waals surface area contributed by atoms with Gasteiger partial charge in [0.05, 0.1) is 11.4 Å². The molecule has 27 heavy (non-hydrogen) atoms. The fraction of sp³-hybridized carbons (Fsp3) is 0.222. The number of tetrazole rings is 1. The SMILES string of the molecule is c1ccc(-n2nnnc2CSc2nnc(-c3ccncc3)n2C2CC2)cc1. The van der Waals surface area contributed by atoms with Crippen LogP contribution >= 0.6 is 11.8 Å². The van der Waals surface area contributed by atoms with Crippen LogP contribution in [0.25, 0.3) is 17.1 Å². The minimum absolute atomic E-state index is 0.468. The number of thioether (sulfide) groups is 1. The first kappa shape index (κ1) is 16.1. The molecular formula is C18H16N8S. The molecule has 0 spiro atoms. The van der Waals surface area contributed by atoms with Gasteiger partial charge in [-0.1, -0.05) is 30.0 Å². The minimum Gasteiger partial charge on any atom is -0.299 e. The number of nitrogens with zero attached hydrogens (tertiary/aromatic N) is 8. The third-order valence-electron chi connectivity index (χ3n) is 4.38. The lowest BCUT2D eigenvalue weighted by Crippen LogP contribution is -2.03. The number of rotatable bonds is 6. The van der Waals surface area contributed by atoms with Crippen molar-refractivity contribution in [3.8, 4) is 17.1 Å². The molecule has 1 saturated carbocycles. The maximum absolute atomic E-state index is 4.43. The molecule has 0 saturated heterocycles. The summed E-state index contributed by atoms with van der Waals surface area (Å²) < 4.78 is 3.99. The predicted octanol–water partition coefficient (Wildman–Crippen LogP) is 2.94. The maximum atomic E-state index is 4.43. The number of hydrogen-bond donors (Lipinski definition) is 0. The van der Waals surface area contributed by atoms with E-state index in [0.29, 0.717) is 11.8 Å². The van der Waals surface area contributed by atoms with Gasteiger partial charge in [-0.15, -0.1) is 15.3 Å². The van der Waals surface area contributed by atoms with Crippen molar-refractivity contribution < 1.29 is 0 Å². The van der Waals surface area contributed by atoms with Gasteiger partial charge in [-0.25, -0.2) is 0 Å². The second-order valence-corrected chi connectivity index (χ2v) is 7.22. The summed E-state index contributed by atoms with van der Waals surface area (Å²) in [6.45, 7) is 0. The zero-order valence-electron chi connectivity index (χ0n) is 14.4. The molecular weight excluding hydrogens is 360 g/mol. The fourth-order valence-electron chi connectivity index (χ4n) is 2.93. The highest BCUT2D eigenvalue weighted by molar-refractivity contribution is 7.98. The van der Waals surface area contributed by atoms with E-state index in [1.54, 1.807) is 28.8 Å². The highest BCUT2D eigenvalue weighted by Gasteiger charge is 2.30. The topological polar surface area (TPSA) is 87.2 Å². The molecule has 134 valence electrons. The molecule has 1 aliphatic carbocycles. The monoisotopic (exact) mass is 376 g/mol. The van der Waals surface area contributed by atoms with E-state index in [4.69, 9.17) is 0 Å². The van der Waals surface area contributed by atoms with E-state index in [1.807, 2.05) is 42.5 Å². The molecule has 4 aromatic rings. The van der Waals surface area contributed by atoms with E-state index in [-0.39, 0.29) is 0 Å². The Morgan fingerprint density at radius 1 is 0.963 bits per heavy atom. The van der Waals surface area contributed by atoms with Crippen LogP contribution in [0.3, 0.4) is 0 Å². The van der Waals surface area contributed by atoms with Crippen molar-refractivity contribution in [3.63, 3.8) is 0 Å². The maximum Gasteiger partial charge on any atom is 0.192 e. The van der Waals surface area contributed by atoms with Crippen LogP contribution in [0, 0.1) is 0 Å². The summed E-state index contributed by atoms with van der Waals surface area (Å²) in [4.78, 5) is 4.09. The second kappa shape index (κ2) is 6.92. The average molecular weight is 376 g/mol. The van der Waals surface area contributed by atoms with Crippen LogP contribution in [0.2, 0.25) is 0 Å². The molecule has 9 heteroatoms. The zero-order chi connectivity index (χ0) is 18.1. The molecule has 0 unspecified atom stereocenters. The molecule has 0 atom stereocenters. The number of benzene rings is 1. The summed E-state index contributed by atoms with van der Waals surface area (Å²) in [5.41, 5.74) is 1.98. The quantitative estimate of drug-likeness (QED) is 0.478. The summed E-state index contributed by atoms with van der Waals surface area (Å²) in [5, 5.41) is 21.9. The fourth-order valence-corrected chi connectivity index (χ4v) is 3.84. The van der Waals surface area contributed by atoms with Crippen molar-refractivity contribution >= 4 is 11.8 Å². The Morgan fingerprint density at radius 2 is 1.78 bits per heavy atom. The third-order valence-corrected chi connectivity index (χ3v) is 5.32. The average Bonchev–Trinajstić information content (AvgIpc) is 3.30. The normalized spacial score (nSPS) is 13.8. The van der Waals surface area contributed by atoms with Gasteiger partial charge in [0.25, 0.3) is 0 Å². The molecule has 1 aromatic carbocycles. The van der Waals surface area contributed by atoms with Gasteiger partial charge in [0, 0.05) is 24.0 Å². The van der Waals surface area contributed by atoms with Gasteiger partial charge in [0.1, 0.15) is 0 Å². The van der Waals surface area contributed by atoms with E-state index >= 15 is 0 Å². The first-order valence-electron chi connectivity index (χ1n) is 8.71. The summed E-state index contributed by atoms with van der Waals surface area (Å²) in [6.07, 6.45) is 5.88. The van der Waals surface area contributed by atoms with Crippen molar-refractivity contribution in [2.75, 3.05) is 0 Å². The number of hydrogen-bond acceptors (Lipinski definition) is 7. The van der Waals surface area contributed by atoms with Crippen LogP contribution in [0.5, 0.6) is 0 Å². The Kier molecular flexibility index (Phi) is 4.13. The number of aromatic nitrogens is 8. The van der Waals surface area contributed by atoms with Crippen LogP contribution < -0.4 is 0 Å². The molecule has 3 heterocycles. The highest BCUT2D eigenvalue weighted by atomic mass is 32.2. The van der Waals surface area contributed by atoms with Gasteiger partial charge in [0.15, 0.2) is 16.8 Å². The second-order valence-electron chi connectivity index (χ2n) is 6.27. The summed E-state index contributed by atoms with van der Waals surface area (Å²) in [5.74, 6) is 2.29. The molecule has 5 rings (SSSR count). The number of pyridine rings is 1. The molecule has 0 aliphatic heterocycles. The summed E-state index contributed by atoms with van der Waals surface area (Å²) in [6, 6.07) is 14.3. The molecule has 0 N–H and O–H groups in total. The van der Waals surface area contributed by atoms with Crippen LogP contribution in [-0.2, 0) is 5.75 Å². The van der Waals surface area contributed by atoms with Crippen molar-refractivity contribution in [2.24, 2.45) is 0 Å². The van der Waals surface area contributed by atoms with Gasteiger partial charge >= 0.3 is 0 Å². The first-order valence-corrected chi connectivity index (χ1v) is 9.69. The van der Waals surface area contributed by atoms with Crippen LogP contribution in [0.15, 0.2) is 60.0 Å². The van der Waals surface area contributed by atoms with Crippen molar-refractivity contribution in [1.29, 1.82) is 0 Å². The van der Waals surface area contributed by atoms with Gasteiger partial charge in [0.2, 0.25) is 0 Å². The van der Waals surface area contributed by atoms with Gasteiger partial charge < -0.3 is 0 Å². The van der Waals surface area contributed by atoms with Gasteiger partial charge in [-0.3, -0.25) is 9.55 Å². The van der Waals surface area contributed by atoms with E-state index in [1.165, 1.54) is 0 Å². The Hall–Kier alpha value is -3.07. The molecule has 3 aromatic heterocycles. The lowest BCUT2D eigenvalue weighted by atomic mass is 10.2. The standard InChI is InChI=1S/C18H16N8S/c1-2-4-15(5-3-1)26-16(20-23-24-26)12-27-18-22-21-17(25(18)14-6-7-14)13-8-10-19-11-9-13/h1-5,8-11,14H,6-7,12H2. The van der Waals surface area contributed by atoms with Crippen LogP contribution in [-0.4, -0.2) is 40.0 Å². The Morgan fingerprint density at radius 3 is 2.56 bits per heavy atom. The van der Waals surface area contributed by atoms with Gasteiger partial charge in [-0.2, -0.15) is 4.68 Å². The van der Waals surface area contributed by atoms with E-state index < -0.39 is 0 Å². The van der Waals surface area contributed by atoms with Gasteiger partial charge in [-0.05, 0) is 47.5 Å². The Bertz CT molecular complexity index is 1040. The van der Waals surface area contributed by atoms with Crippen LogP contribution in [0.1, 0.15) is 24.7 Å². The largest absolute Gasteiger partial charge is 0.299 e. The summed E-state index contributed by atoms with van der Waals surface area (Å²) in [7, 11) is 0. The molecule has 0 radical (unpaired) electrons. The lowest BCUT2D eigenvalue weighted by Gasteiger charge is -2.08. The third kappa shape index (κ3) is 3.21. The Labute approximate surface area is 159 Å². The highest BCUT2D eigenvalue weighted by Crippen LogP contribution is 2.41. The van der Waals surface area contributed by atoms with Crippen LogP contribution in [0.4, 0.5) is 0 Å².